The smallest absolute Gasteiger partial charge is 0.153 e. The molecule has 5 heteroatoms. The number of rotatable bonds is 3. The van der Waals surface area contributed by atoms with Crippen molar-refractivity contribution in [2.24, 2.45) is 5.73 Å². The van der Waals surface area contributed by atoms with Crippen LogP contribution in [0, 0.1) is 0 Å². The van der Waals surface area contributed by atoms with E-state index in [1.54, 1.807) is 0 Å². The molecule has 1 aromatic carbocycles. The van der Waals surface area contributed by atoms with E-state index >= 15 is 0 Å². The Morgan fingerprint density at radius 2 is 2.00 bits per heavy atom. The minimum Gasteiger partial charge on any atom is -0.321 e. The predicted molar refractivity (Wildman–Crippen MR) is 77.7 cm³/mol. The molecule has 2 N–H and O–H groups in total. The van der Waals surface area contributed by atoms with Crippen LogP contribution in [0.15, 0.2) is 30.3 Å². The van der Waals surface area contributed by atoms with E-state index < -0.39 is 15.4 Å². The van der Waals surface area contributed by atoms with Crippen LogP contribution in [0.2, 0.25) is 0 Å². The summed E-state index contributed by atoms with van der Waals surface area (Å²) >= 11 is 0. The largest absolute Gasteiger partial charge is 0.321 e. The molecule has 0 amide bonds. The van der Waals surface area contributed by atoms with Crippen LogP contribution in [0.4, 0.5) is 0 Å². The molecule has 0 spiro atoms. The first kappa shape index (κ1) is 14.5. The zero-order valence-corrected chi connectivity index (χ0v) is 12.4. The summed E-state index contributed by atoms with van der Waals surface area (Å²) in [5.41, 5.74) is 7.03. The molecule has 1 saturated heterocycles. The van der Waals surface area contributed by atoms with Crippen LogP contribution in [0.25, 0.3) is 0 Å². The molecule has 1 fully saturated rings. The molecule has 1 heterocycles. The van der Waals surface area contributed by atoms with Gasteiger partial charge in [0, 0.05) is 19.1 Å². The third-order valence-electron chi connectivity index (χ3n) is 3.77. The fourth-order valence-electron chi connectivity index (χ4n) is 2.60. The lowest BCUT2D eigenvalue weighted by molar-refractivity contribution is 0.180. The average molecular weight is 282 g/mol. The van der Waals surface area contributed by atoms with E-state index in [1.165, 1.54) is 0 Å². The molecule has 4 nitrogen and oxygen atoms in total. The summed E-state index contributed by atoms with van der Waals surface area (Å²) in [6, 6.07) is 9.99. The monoisotopic (exact) mass is 282 g/mol. The second kappa shape index (κ2) is 5.23. The van der Waals surface area contributed by atoms with Crippen molar-refractivity contribution in [1.29, 1.82) is 0 Å². The fraction of sp³-hybridized carbons (Fsp3) is 0.571. The van der Waals surface area contributed by atoms with E-state index in [1.807, 2.05) is 44.2 Å². The summed E-state index contributed by atoms with van der Waals surface area (Å²) in [5, 5.41) is 0. The Bertz CT molecular complexity index is 526. The zero-order chi connectivity index (χ0) is 14.1. The molecule has 2 rings (SSSR count). The lowest BCUT2D eigenvalue weighted by Crippen LogP contribution is -2.54. The van der Waals surface area contributed by atoms with Gasteiger partial charge in [-0.3, -0.25) is 4.90 Å². The molecule has 1 aliphatic rings. The van der Waals surface area contributed by atoms with Crippen molar-refractivity contribution in [3.05, 3.63) is 35.9 Å². The number of hydrogen-bond acceptors (Lipinski definition) is 4. The standard InChI is InChI=1S/C14H22N2O2S/c1-12-10-19(17,18)9-8-16(12)11-14(2,15)13-6-4-3-5-7-13/h3-7,12H,8-11,15H2,1-2H3. The van der Waals surface area contributed by atoms with Crippen LogP contribution in [0.5, 0.6) is 0 Å². The van der Waals surface area contributed by atoms with Crippen LogP contribution in [0.1, 0.15) is 19.4 Å². The third kappa shape index (κ3) is 3.55. The van der Waals surface area contributed by atoms with Gasteiger partial charge in [0.05, 0.1) is 17.0 Å². The Hall–Kier alpha value is -0.910. The third-order valence-corrected chi connectivity index (χ3v) is 5.57. The van der Waals surface area contributed by atoms with Crippen molar-refractivity contribution in [3.8, 4) is 0 Å². The van der Waals surface area contributed by atoms with Gasteiger partial charge in [-0.2, -0.15) is 0 Å². The number of nitrogens with zero attached hydrogens (tertiary/aromatic N) is 1. The van der Waals surface area contributed by atoms with Crippen LogP contribution in [-0.2, 0) is 15.4 Å². The van der Waals surface area contributed by atoms with Gasteiger partial charge in [-0.15, -0.1) is 0 Å². The summed E-state index contributed by atoms with van der Waals surface area (Å²) in [5.74, 6) is 0.472. The number of nitrogens with two attached hydrogens (primary N) is 1. The van der Waals surface area contributed by atoms with Gasteiger partial charge < -0.3 is 5.73 Å². The van der Waals surface area contributed by atoms with Gasteiger partial charge in [-0.25, -0.2) is 8.42 Å². The highest BCUT2D eigenvalue weighted by Crippen LogP contribution is 2.22. The van der Waals surface area contributed by atoms with Gasteiger partial charge in [0.25, 0.3) is 0 Å². The van der Waals surface area contributed by atoms with Gasteiger partial charge in [-0.05, 0) is 19.4 Å². The molecule has 0 bridgehead atoms. The minimum atomic E-state index is -2.87. The van der Waals surface area contributed by atoms with Crippen LogP contribution >= 0.6 is 0 Å². The molecule has 0 saturated carbocycles. The summed E-state index contributed by atoms with van der Waals surface area (Å²) in [6.07, 6.45) is 0. The maximum absolute atomic E-state index is 11.6. The maximum Gasteiger partial charge on any atom is 0.153 e. The Morgan fingerprint density at radius 3 is 2.58 bits per heavy atom. The van der Waals surface area contributed by atoms with Gasteiger partial charge in [0.2, 0.25) is 0 Å². The van der Waals surface area contributed by atoms with Crippen LogP contribution in [0.3, 0.4) is 0 Å². The summed E-state index contributed by atoms with van der Waals surface area (Å²) in [6.45, 7) is 5.20. The molecule has 0 aliphatic carbocycles. The normalized spacial score (nSPS) is 26.8. The van der Waals surface area contributed by atoms with Crippen molar-refractivity contribution in [2.45, 2.75) is 25.4 Å². The van der Waals surface area contributed by atoms with Gasteiger partial charge in [0.15, 0.2) is 9.84 Å². The minimum absolute atomic E-state index is 0.0327. The molecule has 2 unspecified atom stereocenters. The predicted octanol–water partition coefficient (Wildman–Crippen LogP) is 0.979. The van der Waals surface area contributed by atoms with Crippen molar-refractivity contribution < 1.29 is 8.42 Å². The highest BCUT2D eigenvalue weighted by molar-refractivity contribution is 7.91. The molecule has 0 aromatic heterocycles. The van der Waals surface area contributed by atoms with Gasteiger partial charge >= 0.3 is 0 Å². The number of benzene rings is 1. The Labute approximate surface area is 115 Å². The highest BCUT2D eigenvalue weighted by Gasteiger charge is 2.32. The molecule has 1 aromatic rings. The molecule has 0 radical (unpaired) electrons. The fourth-order valence-corrected chi connectivity index (χ4v) is 4.23. The maximum atomic E-state index is 11.6. The summed E-state index contributed by atoms with van der Waals surface area (Å²) < 4.78 is 23.2. The molecular weight excluding hydrogens is 260 g/mol. The molecule has 19 heavy (non-hydrogen) atoms. The lowest BCUT2D eigenvalue weighted by atomic mass is 9.92. The first-order chi connectivity index (χ1) is 8.80. The molecule has 1 aliphatic heterocycles. The molecular formula is C14H22N2O2S. The highest BCUT2D eigenvalue weighted by atomic mass is 32.2. The van der Waals surface area contributed by atoms with E-state index in [2.05, 4.69) is 4.90 Å². The summed E-state index contributed by atoms with van der Waals surface area (Å²) in [4.78, 5) is 2.17. The van der Waals surface area contributed by atoms with Crippen LogP contribution in [-0.4, -0.2) is 44.0 Å². The SMILES string of the molecule is CC1CS(=O)(=O)CCN1CC(C)(N)c1ccccc1. The van der Waals surface area contributed by atoms with E-state index in [-0.39, 0.29) is 17.5 Å². The zero-order valence-electron chi connectivity index (χ0n) is 11.5. The quantitative estimate of drug-likeness (QED) is 0.897. The van der Waals surface area contributed by atoms with Gasteiger partial charge in [-0.1, -0.05) is 30.3 Å². The first-order valence-electron chi connectivity index (χ1n) is 6.59. The molecule has 2 atom stereocenters. The van der Waals surface area contributed by atoms with E-state index in [0.29, 0.717) is 13.1 Å². The lowest BCUT2D eigenvalue weighted by Gasteiger charge is -2.39. The van der Waals surface area contributed by atoms with Crippen molar-refractivity contribution in [3.63, 3.8) is 0 Å². The number of hydrogen-bond donors (Lipinski definition) is 1. The van der Waals surface area contributed by atoms with Gasteiger partial charge in [0.1, 0.15) is 0 Å². The van der Waals surface area contributed by atoms with E-state index in [0.717, 1.165) is 5.56 Å². The van der Waals surface area contributed by atoms with Crippen molar-refractivity contribution >= 4 is 9.84 Å². The Morgan fingerprint density at radius 1 is 1.37 bits per heavy atom. The molecule has 106 valence electrons. The van der Waals surface area contributed by atoms with E-state index in [4.69, 9.17) is 5.73 Å². The first-order valence-corrected chi connectivity index (χ1v) is 8.41. The Kier molecular flexibility index (Phi) is 3.99. The second-order valence-corrected chi connectivity index (χ2v) is 7.95. The van der Waals surface area contributed by atoms with E-state index in [9.17, 15) is 8.42 Å². The summed E-state index contributed by atoms with van der Waals surface area (Å²) in [7, 11) is -2.87. The Balaban J connectivity index is 2.09. The topological polar surface area (TPSA) is 63.4 Å². The van der Waals surface area contributed by atoms with Crippen molar-refractivity contribution in [2.75, 3.05) is 24.6 Å². The van der Waals surface area contributed by atoms with Crippen molar-refractivity contribution in [1.82, 2.24) is 4.90 Å². The number of sulfone groups is 1. The van der Waals surface area contributed by atoms with Crippen LogP contribution < -0.4 is 5.73 Å². The average Bonchev–Trinajstić information content (AvgIpc) is 2.33. The second-order valence-electron chi connectivity index (χ2n) is 5.72.